The van der Waals surface area contributed by atoms with E-state index in [1.807, 2.05) is 0 Å². The van der Waals surface area contributed by atoms with Gasteiger partial charge in [0.1, 0.15) is 34.1 Å². The Hall–Kier alpha value is -4.22. The number of amides is 2. The monoisotopic (exact) mass is 474 g/mol. The van der Waals surface area contributed by atoms with E-state index >= 15 is 0 Å². The predicted molar refractivity (Wildman–Crippen MR) is 122 cm³/mol. The molecule has 4 N–H and O–H groups in total. The van der Waals surface area contributed by atoms with Crippen LogP contribution in [0.1, 0.15) is 62.2 Å². The lowest BCUT2D eigenvalue weighted by Crippen LogP contribution is -2.22. The van der Waals surface area contributed by atoms with Gasteiger partial charge in [0.25, 0.3) is 0 Å². The lowest BCUT2D eigenvalue weighted by atomic mass is 10.1. The fourth-order valence-corrected chi connectivity index (χ4v) is 2.95. The number of nitrogens with zero attached hydrogens (tertiary/aromatic N) is 2. The van der Waals surface area contributed by atoms with Gasteiger partial charge in [-0.15, -0.1) is 0 Å². The molecular weight excluding hydrogens is 448 g/mol. The van der Waals surface area contributed by atoms with Crippen molar-refractivity contribution in [3.8, 4) is 11.5 Å². The molecule has 0 aliphatic heterocycles. The highest BCUT2D eigenvalue weighted by Crippen LogP contribution is 2.16. The SMILES string of the molecule is C/C(=N\NC(=O)CCCCC(=O)N/N=C(\C)c1c(O)cc(C)oc1=O)c1c(O)cc(C)oc1=O. The van der Waals surface area contributed by atoms with Crippen LogP contribution >= 0.6 is 0 Å². The summed E-state index contributed by atoms with van der Waals surface area (Å²) in [5.74, 6) is -0.991. The maximum atomic E-state index is 11.9. The van der Waals surface area contributed by atoms with Gasteiger partial charge in [-0.1, -0.05) is 0 Å². The van der Waals surface area contributed by atoms with E-state index in [0.717, 1.165) is 0 Å². The maximum absolute atomic E-state index is 11.9. The number of hydrogen-bond donors (Lipinski definition) is 4. The van der Waals surface area contributed by atoms with Gasteiger partial charge in [0.05, 0.1) is 11.4 Å². The van der Waals surface area contributed by atoms with Crippen LogP contribution in [0.25, 0.3) is 0 Å². The van der Waals surface area contributed by atoms with Gasteiger partial charge < -0.3 is 19.0 Å². The van der Waals surface area contributed by atoms with E-state index in [4.69, 9.17) is 8.83 Å². The first-order valence-corrected chi connectivity index (χ1v) is 10.3. The van der Waals surface area contributed by atoms with Gasteiger partial charge in [0, 0.05) is 25.0 Å². The molecule has 0 saturated heterocycles. The van der Waals surface area contributed by atoms with E-state index in [-0.39, 0.29) is 58.4 Å². The lowest BCUT2D eigenvalue weighted by Gasteiger charge is -2.05. The number of carbonyl (C=O) groups is 2. The Morgan fingerprint density at radius 3 is 1.47 bits per heavy atom. The summed E-state index contributed by atoms with van der Waals surface area (Å²) in [6, 6.07) is 2.54. The van der Waals surface area contributed by atoms with Crippen LogP contribution in [0, 0.1) is 13.8 Å². The molecule has 12 nitrogen and oxygen atoms in total. The summed E-state index contributed by atoms with van der Waals surface area (Å²) in [6.07, 6.45) is 0.881. The molecular formula is C22H26N4O8. The van der Waals surface area contributed by atoms with E-state index in [1.54, 1.807) is 0 Å². The van der Waals surface area contributed by atoms with Crippen molar-refractivity contribution in [3.05, 3.63) is 55.6 Å². The number of rotatable bonds is 9. The van der Waals surface area contributed by atoms with Crippen molar-refractivity contribution in [3.63, 3.8) is 0 Å². The van der Waals surface area contributed by atoms with Crippen molar-refractivity contribution >= 4 is 23.2 Å². The molecule has 2 aromatic rings. The lowest BCUT2D eigenvalue weighted by molar-refractivity contribution is -0.123. The Balaban J connectivity index is 1.79. The van der Waals surface area contributed by atoms with Crippen molar-refractivity contribution in [1.29, 1.82) is 0 Å². The standard InChI is InChI=1S/C22H26N4O8/c1-11-9-15(27)19(21(31)33-11)13(3)23-25-17(29)7-5-6-8-18(30)26-24-14(4)20-16(28)10-12(2)34-22(20)32/h9-10,27-28H,5-8H2,1-4H3,(H,25,29)(H,26,30)/b23-13+,24-14+. The molecule has 2 heterocycles. The highest BCUT2D eigenvalue weighted by Gasteiger charge is 2.14. The molecule has 34 heavy (non-hydrogen) atoms. The average Bonchev–Trinajstić information content (AvgIpc) is 2.72. The minimum Gasteiger partial charge on any atom is -0.507 e. The number of aromatic hydroxyl groups is 2. The number of aryl methyl sites for hydroxylation is 2. The summed E-state index contributed by atoms with van der Waals surface area (Å²) < 4.78 is 9.81. The van der Waals surface area contributed by atoms with Gasteiger partial charge in [-0.2, -0.15) is 10.2 Å². The minimum absolute atomic E-state index is 0.0686. The molecule has 0 radical (unpaired) electrons. The van der Waals surface area contributed by atoms with Gasteiger partial charge in [-0.25, -0.2) is 20.4 Å². The zero-order chi connectivity index (χ0) is 25.4. The minimum atomic E-state index is -0.768. The first-order valence-electron chi connectivity index (χ1n) is 10.3. The number of unbranched alkanes of at least 4 members (excludes halogenated alkanes) is 1. The topological polar surface area (TPSA) is 184 Å². The highest BCUT2D eigenvalue weighted by atomic mass is 16.4. The molecule has 0 spiro atoms. The first kappa shape index (κ1) is 26.0. The second-order valence-electron chi connectivity index (χ2n) is 7.48. The number of hydrogen-bond acceptors (Lipinski definition) is 10. The van der Waals surface area contributed by atoms with Crippen LogP contribution in [-0.4, -0.2) is 33.5 Å². The van der Waals surface area contributed by atoms with Crippen molar-refractivity contribution in [2.45, 2.75) is 53.4 Å². The molecule has 0 unspecified atom stereocenters. The molecule has 2 amide bonds. The smallest absolute Gasteiger partial charge is 0.348 e. The molecule has 0 aromatic carbocycles. The van der Waals surface area contributed by atoms with Crippen LogP contribution in [0.15, 0.2) is 40.8 Å². The van der Waals surface area contributed by atoms with Gasteiger partial charge in [-0.05, 0) is 40.5 Å². The van der Waals surface area contributed by atoms with Gasteiger partial charge in [-0.3, -0.25) is 9.59 Å². The normalized spacial score (nSPS) is 11.9. The van der Waals surface area contributed by atoms with Crippen molar-refractivity contribution < 1.29 is 28.6 Å². The van der Waals surface area contributed by atoms with Gasteiger partial charge in [0.15, 0.2) is 0 Å². The van der Waals surface area contributed by atoms with Crippen LogP contribution < -0.4 is 22.1 Å². The Morgan fingerprint density at radius 2 is 1.15 bits per heavy atom. The van der Waals surface area contributed by atoms with Crippen LogP contribution in [0.3, 0.4) is 0 Å². The van der Waals surface area contributed by atoms with Crippen molar-refractivity contribution in [1.82, 2.24) is 10.9 Å². The number of carbonyl (C=O) groups excluding carboxylic acids is 2. The first-order chi connectivity index (χ1) is 16.0. The summed E-state index contributed by atoms with van der Waals surface area (Å²) in [5.41, 5.74) is 2.91. The average molecular weight is 474 g/mol. The largest absolute Gasteiger partial charge is 0.507 e. The molecule has 0 aliphatic carbocycles. The molecule has 0 atom stereocenters. The quantitative estimate of drug-likeness (QED) is 0.240. The summed E-state index contributed by atoms with van der Waals surface area (Å²) in [7, 11) is 0. The Morgan fingerprint density at radius 1 is 0.794 bits per heavy atom. The van der Waals surface area contributed by atoms with E-state index in [1.165, 1.54) is 39.8 Å². The summed E-state index contributed by atoms with van der Waals surface area (Å²) >= 11 is 0. The van der Waals surface area contributed by atoms with E-state index in [0.29, 0.717) is 12.8 Å². The van der Waals surface area contributed by atoms with Crippen molar-refractivity contribution in [2.75, 3.05) is 0 Å². The van der Waals surface area contributed by atoms with E-state index < -0.39 is 23.1 Å². The molecule has 2 aromatic heterocycles. The molecule has 2 rings (SSSR count). The molecule has 0 fully saturated rings. The molecule has 182 valence electrons. The van der Waals surface area contributed by atoms with E-state index in [2.05, 4.69) is 21.1 Å². The fraction of sp³-hybridized carbons (Fsp3) is 0.364. The Labute approximate surface area is 194 Å². The fourth-order valence-electron chi connectivity index (χ4n) is 2.95. The second kappa shape index (κ2) is 11.6. The molecule has 0 saturated carbocycles. The van der Waals surface area contributed by atoms with Crippen LogP contribution in [0.2, 0.25) is 0 Å². The van der Waals surface area contributed by atoms with Gasteiger partial charge >= 0.3 is 11.3 Å². The van der Waals surface area contributed by atoms with Crippen molar-refractivity contribution in [2.24, 2.45) is 10.2 Å². The highest BCUT2D eigenvalue weighted by molar-refractivity contribution is 6.01. The summed E-state index contributed by atoms with van der Waals surface area (Å²) in [4.78, 5) is 47.6. The zero-order valence-corrected chi connectivity index (χ0v) is 19.2. The van der Waals surface area contributed by atoms with E-state index in [9.17, 15) is 29.4 Å². The third-order valence-electron chi connectivity index (χ3n) is 4.59. The molecule has 12 heteroatoms. The van der Waals surface area contributed by atoms with Crippen LogP contribution in [0.4, 0.5) is 0 Å². The Bertz CT molecular complexity index is 1160. The molecule has 0 bridgehead atoms. The third-order valence-corrected chi connectivity index (χ3v) is 4.59. The maximum Gasteiger partial charge on any atom is 0.348 e. The summed E-state index contributed by atoms with van der Waals surface area (Å²) in [6.45, 7) is 5.91. The van der Waals surface area contributed by atoms with Crippen LogP contribution in [-0.2, 0) is 9.59 Å². The number of hydrazone groups is 2. The summed E-state index contributed by atoms with van der Waals surface area (Å²) in [5, 5.41) is 27.4. The number of nitrogens with one attached hydrogen (secondary N) is 2. The zero-order valence-electron chi connectivity index (χ0n) is 19.2. The second-order valence-corrected chi connectivity index (χ2v) is 7.48. The predicted octanol–water partition coefficient (Wildman–Crippen LogP) is 1.56. The Kier molecular flexibility index (Phi) is 8.87. The van der Waals surface area contributed by atoms with Gasteiger partial charge in [0.2, 0.25) is 11.8 Å². The molecule has 0 aliphatic rings. The van der Waals surface area contributed by atoms with Crippen LogP contribution in [0.5, 0.6) is 11.5 Å². The third kappa shape index (κ3) is 7.15.